The van der Waals surface area contributed by atoms with Crippen LogP contribution in [0.2, 0.25) is 0 Å². The number of amides is 1. The average molecular weight is 347 g/mol. The number of esters is 1. The summed E-state index contributed by atoms with van der Waals surface area (Å²) in [6.07, 6.45) is 3.66. The molecule has 0 aromatic carbocycles. The molecule has 0 radical (unpaired) electrons. The van der Waals surface area contributed by atoms with Crippen LogP contribution in [-0.4, -0.2) is 34.1 Å². The Bertz CT molecular complexity index is 910. The predicted octanol–water partition coefficient (Wildman–Crippen LogP) is 1.15. The number of carbonyl (C=O) groups excluding carboxylic acids is 2. The van der Waals surface area contributed by atoms with E-state index in [9.17, 15) is 14.4 Å². The quantitative estimate of drug-likeness (QED) is 0.838. The number of ether oxygens (including phenoxy) is 1. The van der Waals surface area contributed by atoms with Gasteiger partial charge >= 0.3 is 5.97 Å². The molecular formula is C16H17N3O4S. The van der Waals surface area contributed by atoms with Gasteiger partial charge in [0.05, 0.1) is 5.39 Å². The Labute approximate surface area is 141 Å². The number of thiophene rings is 1. The number of hydrogen-bond acceptors (Lipinski definition) is 6. The molecule has 1 N–H and O–H groups in total. The molecule has 24 heavy (non-hydrogen) atoms. The topological polar surface area (TPSA) is 90.3 Å². The fourth-order valence-electron chi connectivity index (χ4n) is 2.96. The molecule has 8 heteroatoms. The van der Waals surface area contributed by atoms with Crippen LogP contribution in [0.5, 0.6) is 0 Å². The molecule has 3 heterocycles. The van der Waals surface area contributed by atoms with E-state index in [0.29, 0.717) is 27.2 Å². The average Bonchev–Trinajstić information content (AvgIpc) is 3.11. The van der Waals surface area contributed by atoms with Crippen molar-refractivity contribution in [2.75, 3.05) is 6.61 Å². The summed E-state index contributed by atoms with van der Waals surface area (Å²) in [5, 5.41) is 3.25. The van der Waals surface area contributed by atoms with Gasteiger partial charge < -0.3 is 10.1 Å². The number of nitrogens with one attached hydrogen (secondary N) is 1. The summed E-state index contributed by atoms with van der Waals surface area (Å²) in [6.45, 7) is 2.10. The van der Waals surface area contributed by atoms with E-state index < -0.39 is 5.97 Å². The zero-order valence-corrected chi connectivity index (χ0v) is 14.1. The van der Waals surface area contributed by atoms with Gasteiger partial charge in [-0.2, -0.15) is 0 Å². The molecule has 0 unspecified atom stereocenters. The summed E-state index contributed by atoms with van der Waals surface area (Å²) in [5.74, 6) is -0.0923. The van der Waals surface area contributed by atoms with Gasteiger partial charge in [-0.05, 0) is 31.7 Å². The molecule has 0 atom stereocenters. The summed E-state index contributed by atoms with van der Waals surface area (Å²) in [6, 6.07) is 0.230. The van der Waals surface area contributed by atoms with Gasteiger partial charge in [-0.3, -0.25) is 14.2 Å². The van der Waals surface area contributed by atoms with Gasteiger partial charge in [-0.1, -0.05) is 0 Å². The molecule has 1 aliphatic heterocycles. The second kappa shape index (κ2) is 5.70. The van der Waals surface area contributed by atoms with Crippen molar-refractivity contribution in [1.82, 2.24) is 14.9 Å². The molecule has 1 fully saturated rings. The third-order valence-corrected chi connectivity index (χ3v) is 5.54. The highest BCUT2D eigenvalue weighted by Gasteiger charge is 2.26. The van der Waals surface area contributed by atoms with Gasteiger partial charge in [-0.25, -0.2) is 9.78 Å². The lowest BCUT2D eigenvalue weighted by atomic mass is 10.2. The number of rotatable bonds is 4. The van der Waals surface area contributed by atoms with Gasteiger partial charge in [0.1, 0.15) is 15.5 Å². The van der Waals surface area contributed by atoms with Crippen molar-refractivity contribution in [3.8, 4) is 0 Å². The molecular weight excluding hydrogens is 330 g/mol. The Kier molecular flexibility index (Phi) is 3.64. The van der Waals surface area contributed by atoms with Crippen molar-refractivity contribution in [3.63, 3.8) is 0 Å². The zero-order valence-electron chi connectivity index (χ0n) is 13.3. The second-order valence-electron chi connectivity index (χ2n) is 6.24. The SMILES string of the molecule is Cc1c(C(=O)OCC(=O)NC2CC2)sc2nc3n(c(=O)c12)CCC3. The smallest absolute Gasteiger partial charge is 0.349 e. The maximum absolute atomic E-state index is 12.6. The number of carbonyl (C=O) groups is 2. The first-order chi connectivity index (χ1) is 11.5. The number of aromatic nitrogens is 2. The van der Waals surface area contributed by atoms with Crippen molar-refractivity contribution >= 4 is 33.4 Å². The van der Waals surface area contributed by atoms with E-state index in [4.69, 9.17) is 4.74 Å². The lowest BCUT2D eigenvalue weighted by molar-refractivity contribution is -0.124. The molecule has 2 aliphatic rings. The van der Waals surface area contributed by atoms with E-state index in [-0.39, 0.29) is 24.1 Å². The first-order valence-electron chi connectivity index (χ1n) is 8.04. The molecule has 1 saturated carbocycles. The molecule has 7 nitrogen and oxygen atoms in total. The van der Waals surface area contributed by atoms with Gasteiger partial charge in [0.15, 0.2) is 6.61 Å². The van der Waals surface area contributed by atoms with Crippen molar-refractivity contribution in [2.24, 2.45) is 0 Å². The van der Waals surface area contributed by atoms with Crippen LogP contribution in [0.4, 0.5) is 0 Å². The minimum atomic E-state index is -0.578. The molecule has 0 spiro atoms. The monoisotopic (exact) mass is 347 g/mol. The van der Waals surface area contributed by atoms with Gasteiger partial charge in [0.2, 0.25) is 0 Å². The first-order valence-corrected chi connectivity index (χ1v) is 8.85. The molecule has 1 aliphatic carbocycles. The summed E-state index contributed by atoms with van der Waals surface area (Å²) in [4.78, 5) is 41.9. The van der Waals surface area contributed by atoms with E-state index in [1.807, 2.05) is 0 Å². The Morgan fingerprint density at radius 2 is 2.21 bits per heavy atom. The van der Waals surface area contributed by atoms with Crippen molar-refractivity contribution in [1.29, 1.82) is 0 Å². The van der Waals surface area contributed by atoms with E-state index in [0.717, 1.165) is 42.8 Å². The van der Waals surface area contributed by atoms with Crippen LogP contribution in [0, 0.1) is 6.92 Å². The highest BCUT2D eigenvalue weighted by Crippen LogP contribution is 2.29. The predicted molar refractivity (Wildman–Crippen MR) is 88.4 cm³/mol. The van der Waals surface area contributed by atoms with Gasteiger partial charge in [0.25, 0.3) is 11.5 Å². The van der Waals surface area contributed by atoms with Crippen LogP contribution in [0.25, 0.3) is 10.2 Å². The van der Waals surface area contributed by atoms with Crippen LogP contribution < -0.4 is 10.9 Å². The lowest BCUT2D eigenvalue weighted by Gasteiger charge is -2.04. The standard InChI is InChI=1S/C16H17N3O4S/c1-8-12-14(18-10-3-2-6-19(10)15(12)21)24-13(8)16(22)23-7-11(20)17-9-4-5-9/h9H,2-7H2,1H3,(H,17,20). The third-order valence-electron chi connectivity index (χ3n) is 4.37. The largest absolute Gasteiger partial charge is 0.451 e. The lowest BCUT2D eigenvalue weighted by Crippen LogP contribution is -2.30. The number of nitrogens with zero attached hydrogens (tertiary/aromatic N) is 2. The fourth-order valence-corrected chi connectivity index (χ4v) is 4.05. The summed E-state index contributed by atoms with van der Waals surface area (Å²) in [5.41, 5.74) is 0.495. The van der Waals surface area contributed by atoms with Crippen LogP contribution in [0.3, 0.4) is 0 Å². The number of fused-ring (bicyclic) bond motifs is 2. The van der Waals surface area contributed by atoms with E-state index >= 15 is 0 Å². The number of hydrogen-bond donors (Lipinski definition) is 1. The van der Waals surface area contributed by atoms with Crippen LogP contribution in [0.15, 0.2) is 4.79 Å². The van der Waals surface area contributed by atoms with E-state index in [2.05, 4.69) is 10.3 Å². The fraction of sp³-hybridized carbons (Fsp3) is 0.500. The molecule has 0 saturated heterocycles. The zero-order chi connectivity index (χ0) is 16.8. The molecule has 1 amide bonds. The first kappa shape index (κ1) is 15.3. The minimum absolute atomic E-state index is 0.0909. The summed E-state index contributed by atoms with van der Waals surface area (Å²) in [7, 11) is 0. The van der Waals surface area contributed by atoms with Crippen molar-refractivity contribution < 1.29 is 14.3 Å². The van der Waals surface area contributed by atoms with Gasteiger partial charge in [0, 0.05) is 19.0 Å². The molecule has 2 aromatic heterocycles. The minimum Gasteiger partial charge on any atom is -0.451 e. The molecule has 126 valence electrons. The van der Waals surface area contributed by atoms with Crippen LogP contribution in [0.1, 0.15) is 40.3 Å². The van der Waals surface area contributed by atoms with E-state index in [1.54, 1.807) is 11.5 Å². The van der Waals surface area contributed by atoms with Crippen LogP contribution in [-0.2, 0) is 22.5 Å². The Hall–Kier alpha value is -2.22. The van der Waals surface area contributed by atoms with E-state index in [1.165, 1.54) is 0 Å². The Morgan fingerprint density at radius 3 is 2.96 bits per heavy atom. The normalized spacial score (nSPS) is 16.2. The highest BCUT2D eigenvalue weighted by molar-refractivity contribution is 7.20. The van der Waals surface area contributed by atoms with Gasteiger partial charge in [-0.15, -0.1) is 11.3 Å². The Morgan fingerprint density at radius 1 is 1.42 bits per heavy atom. The van der Waals surface area contributed by atoms with Crippen molar-refractivity contribution in [2.45, 2.75) is 45.2 Å². The number of aryl methyl sites for hydroxylation is 2. The van der Waals surface area contributed by atoms with Crippen LogP contribution >= 0.6 is 11.3 Å². The molecule has 4 rings (SSSR count). The molecule has 2 aromatic rings. The highest BCUT2D eigenvalue weighted by atomic mass is 32.1. The maximum Gasteiger partial charge on any atom is 0.349 e. The summed E-state index contributed by atoms with van der Waals surface area (Å²) >= 11 is 1.16. The maximum atomic E-state index is 12.6. The van der Waals surface area contributed by atoms with Crippen molar-refractivity contribution in [3.05, 3.63) is 26.6 Å². The Balaban J connectivity index is 1.58. The third kappa shape index (κ3) is 2.60. The second-order valence-corrected chi connectivity index (χ2v) is 7.24. The summed E-state index contributed by atoms with van der Waals surface area (Å²) < 4.78 is 6.77. The molecule has 0 bridgehead atoms.